The van der Waals surface area contributed by atoms with Gasteiger partial charge in [0.2, 0.25) is 0 Å². The van der Waals surface area contributed by atoms with Crippen molar-refractivity contribution in [2.45, 2.75) is 46.8 Å². The first-order chi connectivity index (χ1) is 13.6. The molecule has 0 N–H and O–H groups in total. The van der Waals surface area contributed by atoms with Gasteiger partial charge in [-0.05, 0) is 41.0 Å². The average molecular weight is 595 g/mol. The number of halogens is 6. The van der Waals surface area contributed by atoms with Gasteiger partial charge in [0.25, 0.3) is 0 Å². The third-order valence-electron chi connectivity index (χ3n) is 3.96. The van der Waals surface area contributed by atoms with Gasteiger partial charge in [0.05, 0.1) is 13.3 Å². The van der Waals surface area contributed by atoms with Crippen molar-refractivity contribution in [2.24, 2.45) is 0 Å². The van der Waals surface area contributed by atoms with Gasteiger partial charge in [-0.1, -0.05) is 21.3 Å². The molecule has 0 aromatic rings. The van der Waals surface area contributed by atoms with Gasteiger partial charge in [0.15, 0.2) is 10.1 Å². The molecule has 2 fully saturated rings. The van der Waals surface area contributed by atoms with Crippen molar-refractivity contribution in [1.82, 2.24) is 19.6 Å². The van der Waals surface area contributed by atoms with Gasteiger partial charge < -0.3 is 21.8 Å². The van der Waals surface area contributed by atoms with E-state index in [1.165, 1.54) is 53.1 Å². The number of likely N-dealkylation sites (N-methyl/N-ethyl adjacent to an activating group) is 4. The first-order valence-electron chi connectivity index (χ1n) is 9.48. The smallest absolute Gasteiger partial charge is 1.00 e. The fraction of sp³-hybridized carbons (Fsp3) is 0.944. The Kier molecular flexibility index (Phi) is 35.2. The van der Waals surface area contributed by atoms with Crippen LogP contribution in [-0.2, 0) is 14.9 Å². The number of hydrogen-bond donors (Lipinski definition) is 0. The molecular weight excluding hydrogens is 554 g/mol. The second-order valence-electron chi connectivity index (χ2n) is 7.09. The fourth-order valence-corrected chi connectivity index (χ4v) is 2.43. The van der Waals surface area contributed by atoms with Crippen LogP contribution in [0.15, 0.2) is 0 Å². The van der Waals surface area contributed by atoms with Crippen molar-refractivity contribution >= 4 is 28.3 Å². The van der Waals surface area contributed by atoms with Crippen LogP contribution in [0, 0.1) is 0 Å². The summed E-state index contributed by atoms with van der Waals surface area (Å²) >= 11 is 0. The Balaban J connectivity index is -0.0000000763. The third-order valence-corrected chi connectivity index (χ3v) is 4.81. The molecule has 2 heterocycles. The molecule has 2 saturated heterocycles. The minimum atomic E-state index is -6.23. The van der Waals surface area contributed by atoms with Gasteiger partial charge in [-0.2, -0.15) is 8.78 Å². The van der Waals surface area contributed by atoms with Crippen molar-refractivity contribution in [2.75, 3.05) is 66.7 Å². The van der Waals surface area contributed by atoms with E-state index in [0.29, 0.717) is 0 Å². The van der Waals surface area contributed by atoms with E-state index in [2.05, 4.69) is 47.5 Å². The van der Waals surface area contributed by atoms with Gasteiger partial charge in [0, 0.05) is 26.2 Å². The Morgan fingerprint density at radius 1 is 0.941 bits per heavy atom. The van der Waals surface area contributed by atoms with Crippen molar-refractivity contribution in [1.29, 1.82) is 0 Å². The predicted molar refractivity (Wildman–Crippen MR) is 120 cm³/mol. The molecule has 34 heavy (non-hydrogen) atoms. The standard InChI is InChI=1S/2C6H14N2.C3H6O.C2H2F4O3S.CH4.2ClH.K/c2*1-3-8-5-4-7(2)6-8;1-3(2)4;3-1(4)2(5,6)10(7,8)9;;;;/h2*3-6H2,1-2H3;1-2H3;1H,(H,7,8,9);1H4;2*1H;/q;;;;;;;+1/p-2. The molecule has 0 amide bonds. The molecule has 0 unspecified atom stereocenters. The number of carbonyl (C=O) groups excluding carboxylic acids is 1. The summed E-state index contributed by atoms with van der Waals surface area (Å²) < 4.78 is 72.7. The molecule has 0 spiro atoms. The second kappa shape index (κ2) is 24.7. The maximum Gasteiger partial charge on any atom is 1.00 e. The number of rotatable bonds is 4. The Labute approximate surface area is 258 Å². The summed E-state index contributed by atoms with van der Waals surface area (Å²) in [5.74, 6) is 0.167. The van der Waals surface area contributed by atoms with Crippen LogP contribution in [0.25, 0.3) is 0 Å². The SMILES string of the molecule is C.CC(C)=O.CCN1CCN(C)C1.CCN1CCN(C)C1.Cl.O=S(=O)([O-])C(F)(F)C(F)F.[Cl-].[K+]. The van der Waals surface area contributed by atoms with Crippen LogP contribution in [0.3, 0.4) is 0 Å². The van der Waals surface area contributed by atoms with Gasteiger partial charge in [-0.3, -0.25) is 19.6 Å². The summed E-state index contributed by atoms with van der Waals surface area (Å²) in [6.45, 7) is 17.2. The van der Waals surface area contributed by atoms with E-state index in [9.17, 15) is 35.3 Å². The van der Waals surface area contributed by atoms with Crippen molar-refractivity contribution in [3.63, 3.8) is 0 Å². The fourth-order valence-electron chi connectivity index (χ4n) is 2.22. The van der Waals surface area contributed by atoms with Crippen LogP contribution in [0.4, 0.5) is 17.6 Å². The largest absolute Gasteiger partial charge is 1.00 e. The number of hydrogen-bond acceptors (Lipinski definition) is 8. The van der Waals surface area contributed by atoms with Gasteiger partial charge >= 0.3 is 63.1 Å². The monoisotopic (exact) mass is 593 g/mol. The average Bonchev–Trinajstić information content (AvgIpc) is 3.22. The summed E-state index contributed by atoms with van der Waals surface area (Å²) in [6, 6.07) is 0. The number of Topliss-reactive ketones (excluding diaryl/α,β-unsaturated/α-hetero) is 1. The third kappa shape index (κ3) is 23.7. The van der Waals surface area contributed by atoms with Crippen molar-refractivity contribution in [3.8, 4) is 0 Å². The van der Waals surface area contributed by atoms with Gasteiger partial charge in [0.1, 0.15) is 5.78 Å². The molecule has 0 bridgehead atoms. The Hall–Kier alpha value is 1.36. The Bertz CT molecular complexity index is 576. The molecule has 0 aromatic heterocycles. The normalized spacial score (nSPS) is 16.6. The summed E-state index contributed by atoms with van der Waals surface area (Å²) in [5, 5.41) is -5.48. The summed E-state index contributed by atoms with van der Waals surface area (Å²) in [5.41, 5.74) is 0. The zero-order valence-corrected chi connectivity index (χ0v) is 25.9. The number of alkyl halides is 4. The van der Waals surface area contributed by atoms with Crippen LogP contribution in [-0.4, -0.2) is 117 Å². The van der Waals surface area contributed by atoms with E-state index in [4.69, 9.17) is 0 Å². The van der Waals surface area contributed by atoms with Gasteiger partial charge in [-0.25, -0.2) is 17.2 Å². The molecule has 16 heteroatoms. The molecule has 0 atom stereocenters. The molecule has 206 valence electrons. The summed E-state index contributed by atoms with van der Waals surface area (Å²) in [4.78, 5) is 19.0. The molecule has 2 rings (SSSR count). The Morgan fingerprint density at radius 3 is 1.26 bits per heavy atom. The zero-order chi connectivity index (χ0) is 24.1. The number of ketones is 1. The predicted octanol–water partition coefficient (Wildman–Crippen LogP) is -3.53. The minimum absolute atomic E-state index is 0. The van der Waals surface area contributed by atoms with Crippen LogP contribution in [0.2, 0.25) is 0 Å². The molecule has 2 aliphatic rings. The van der Waals surface area contributed by atoms with E-state index in [1.54, 1.807) is 0 Å². The number of carbonyl (C=O) groups is 1. The van der Waals surface area contributed by atoms with Crippen LogP contribution < -0.4 is 63.8 Å². The first-order valence-corrected chi connectivity index (χ1v) is 10.9. The molecule has 0 aromatic carbocycles. The van der Waals surface area contributed by atoms with Crippen molar-refractivity contribution in [3.05, 3.63) is 0 Å². The molecule has 0 saturated carbocycles. The van der Waals surface area contributed by atoms with Crippen LogP contribution in [0.5, 0.6) is 0 Å². The summed E-state index contributed by atoms with van der Waals surface area (Å²) in [6.07, 6.45) is -4.48. The van der Waals surface area contributed by atoms with E-state index < -0.39 is 21.8 Å². The minimum Gasteiger partial charge on any atom is -1.00 e. The molecule has 0 aliphatic carbocycles. The molecule has 2 aliphatic heterocycles. The number of nitrogens with zero attached hydrogens (tertiary/aromatic N) is 4. The quantitative estimate of drug-likeness (QED) is 0.188. The molecule has 8 nitrogen and oxygen atoms in total. The van der Waals surface area contributed by atoms with E-state index in [1.807, 2.05) is 0 Å². The van der Waals surface area contributed by atoms with Crippen LogP contribution >= 0.6 is 12.4 Å². The van der Waals surface area contributed by atoms with E-state index in [-0.39, 0.29) is 89.4 Å². The summed E-state index contributed by atoms with van der Waals surface area (Å²) in [7, 11) is -1.91. The maximum atomic E-state index is 11.4. The van der Waals surface area contributed by atoms with Gasteiger partial charge in [-0.15, -0.1) is 12.4 Å². The maximum absolute atomic E-state index is 11.4. The zero-order valence-electron chi connectivity index (χ0n) is 20.4. The van der Waals surface area contributed by atoms with Crippen LogP contribution in [0.1, 0.15) is 35.1 Å². The molecular formula is C18H40Cl2F4KN4O4S-. The van der Waals surface area contributed by atoms with E-state index in [0.717, 1.165) is 13.3 Å². The van der Waals surface area contributed by atoms with Crippen molar-refractivity contribution < 1.29 is 99.1 Å². The second-order valence-corrected chi connectivity index (χ2v) is 8.54. The van der Waals surface area contributed by atoms with E-state index >= 15 is 0 Å². The molecule has 0 radical (unpaired) electrons. The topological polar surface area (TPSA) is 87.2 Å². The Morgan fingerprint density at radius 2 is 1.21 bits per heavy atom. The first kappa shape index (κ1) is 48.4.